The second-order valence-electron chi connectivity index (χ2n) is 7.22. The van der Waals surface area contributed by atoms with E-state index in [4.69, 9.17) is 0 Å². The van der Waals surface area contributed by atoms with E-state index in [0.29, 0.717) is 25.7 Å². The van der Waals surface area contributed by atoms with E-state index in [2.05, 4.69) is 17.3 Å². The van der Waals surface area contributed by atoms with Crippen molar-refractivity contribution in [3.63, 3.8) is 0 Å². The topological polar surface area (TPSA) is 66.4 Å². The third kappa shape index (κ3) is 4.22. The summed E-state index contributed by atoms with van der Waals surface area (Å²) in [5.74, 6) is -0.266. The monoisotopic (exact) mass is 362 g/mol. The molecular weight excluding hydrogens is 335 g/mol. The molecule has 1 saturated carbocycles. The molecule has 0 radical (unpaired) electrons. The van der Waals surface area contributed by atoms with E-state index >= 15 is 0 Å². The van der Waals surface area contributed by atoms with Crippen molar-refractivity contribution in [1.82, 2.24) is 20.3 Å². The van der Waals surface area contributed by atoms with Crippen molar-refractivity contribution in [2.45, 2.75) is 56.9 Å². The number of hydrazine groups is 1. The van der Waals surface area contributed by atoms with E-state index in [1.165, 1.54) is 6.08 Å². The minimum absolute atomic E-state index is 0.0456. The molecule has 0 aromatic carbocycles. The van der Waals surface area contributed by atoms with Gasteiger partial charge >= 0.3 is 0 Å². The van der Waals surface area contributed by atoms with Gasteiger partial charge in [0.2, 0.25) is 5.91 Å². The molecule has 6 nitrogen and oxygen atoms in total. The molecule has 1 aromatic heterocycles. The Hall–Kier alpha value is -1.99. The van der Waals surface area contributed by atoms with Crippen LogP contribution in [0.5, 0.6) is 0 Å². The van der Waals surface area contributed by atoms with Gasteiger partial charge in [-0.2, -0.15) is 0 Å². The van der Waals surface area contributed by atoms with Crippen LogP contribution in [0.15, 0.2) is 29.7 Å². The summed E-state index contributed by atoms with van der Waals surface area (Å²) in [5.41, 5.74) is 5.13. The first-order valence-corrected chi connectivity index (χ1v) is 9.24. The number of pyridine rings is 1. The van der Waals surface area contributed by atoms with Gasteiger partial charge in [0.15, 0.2) is 0 Å². The lowest BCUT2D eigenvalue weighted by atomic mass is 9.93. The first-order valence-electron chi connectivity index (χ1n) is 9.24. The number of carbonyl (C=O) groups excluding carboxylic acids is 1. The van der Waals surface area contributed by atoms with E-state index in [-0.39, 0.29) is 30.1 Å². The second-order valence-corrected chi connectivity index (χ2v) is 7.22. The quantitative estimate of drug-likeness (QED) is 0.786. The van der Waals surface area contributed by atoms with E-state index in [1.54, 1.807) is 10.6 Å². The molecule has 3 rings (SSSR count). The van der Waals surface area contributed by atoms with Gasteiger partial charge in [-0.15, -0.1) is 0 Å². The maximum atomic E-state index is 13.5. The zero-order valence-corrected chi connectivity index (χ0v) is 15.2. The smallest absolute Gasteiger partial charge is 0.251 e. The Balaban J connectivity index is 1.90. The predicted octanol–water partition coefficient (Wildman–Crippen LogP) is 1.98. The fourth-order valence-electron chi connectivity index (χ4n) is 3.87. The van der Waals surface area contributed by atoms with Gasteiger partial charge in [0, 0.05) is 44.5 Å². The molecule has 7 heteroatoms. The molecule has 0 spiro atoms. The molecule has 0 bridgehead atoms. The van der Waals surface area contributed by atoms with Gasteiger partial charge in [0.1, 0.15) is 6.17 Å². The summed E-state index contributed by atoms with van der Waals surface area (Å²) < 4.78 is 15.2. The second kappa shape index (κ2) is 8.14. The van der Waals surface area contributed by atoms with Crippen molar-refractivity contribution in [3.8, 4) is 0 Å². The van der Waals surface area contributed by atoms with Crippen molar-refractivity contribution in [3.05, 3.63) is 46.4 Å². The van der Waals surface area contributed by atoms with Gasteiger partial charge in [-0.3, -0.25) is 9.59 Å². The molecule has 1 saturated heterocycles. The Morgan fingerprint density at radius 2 is 2.12 bits per heavy atom. The van der Waals surface area contributed by atoms with Gasteiger partial charge in [-0.25, -0.2) is 14.8 Å². The SMILES string of the molecule is C=CC(=O)NCc1cc(=O)n(C2CCC(F)CC2)cc1C1CCN(C)N1. The van der Waals surface area contributed by atoms with Crippen LogP contribution in [-0.2, 0) is 11.3 Å². The third-order valence-corrected chi connectivity index (χ3v) is 5.36. The molecule has 142 valence electrons. The Bertz CT molecular complexity index is 725. The van der Waals surface area contributed by atoms with E-state index in [1.807, 2.05) is 18.3 Å². The molecule has 1 aromatic rings. The molecule has 2 fully saturated rings. The Morgan fingerprint density at radius 1 is 1.38 bits per heavy atom. The van der Waals surface area contributed by atoms with Crippen LogP contribution < -0.4 is 16.3 Å². The molecule has 1 aliphatic heterocycles. The summed E-state index contributed by atoms with van der Waals surface area (Å²) in [6, 6.07) is 1.75. The highest BCUT2D eigenvalue weighted by atomic mass is 19.1. The van der Waals surface area contributed by atoms with Crippen LogP contribution in [0.25, 0.3) is 0 Å². The van der Waals surface area contributed by atoms with Gasteiger partial charge in [-0.05, 0) is 49.3 Å². The van der Waals surface area contributed by atoms with Crippen molar-refractivity contribution >= 4 is 5.91 Å². The van der Waals surface area contributed by atoms with Crippen molar-refractivity contribution < 1.29 is 9.18 Å². The largest absolute Gasteiger partial charge is 0.348 e. The predicted molar refractivity (Wildman–Crippen MR) is 98.3 cm³/mol. The van der Waals surface area contributed by atoms with Gasteiger partial charge in [-0.1, -0.05) is 6.58 Å². The lowest BCUT2D eigenvalue weighted by Gasteiger charge is -2.28. The maximum absolute atomic E-state index is 13.5. The summed E-state index contributed by atoms with van der Waals surface area (Å²) in [4.78, 5) is 24.2. The highest BCUT2D eigenvalue weighted by Gasteiger charge is 2.27. The number of halogens is 1. The maximum Gasteiger partial charge on any atom is 0.251 e. The minimum atomic E-state index is -0.750. The van der Waals surface area contributed by atoms with Crippen molar-refractivity contribution in [2.75, 3.05) is 13.6 Å². The van der Waals surface area contributed by atoms with Crippen LogP contribution in [-0.4, -0.2) is 35.2 Å². The number of carbonyl (C=O) groups is 1. The van der Waals surface area contributed by atoms with E-state index in [9.17, 15) is 14.0 Å². The summed E-state index contributed by atoms with van der Waals surface area (Å²) in [6.07, 6.45) is 5.70. The lowest BCUT2D eigenvalue weighted by Crippen LogP contribution is -2.33. The van der Waals surface area contributed by atoms with Crippen LogP contribution in [0.3, 0.4) is 0 Å². The normalized spacial score (nSPS) is 26.6. The number of nitrogens with one attached hydrogen (secondary N) is 2. The number of amides is 1. The molecule has 1 atom stereocenters. The van der Waals surface area contributed by atoms with Crippen LogP contribution in [0.4, 0.5) is 4.39 Å². The lowest BCUT2D eigenvalue weighted by molar-refractivity contribution is -0.116. The van der Waals surface area contributed by atoms with Crippen LogP contribution in [0.2, 0.25) is 0 Å². The number of alkyl halides is 1. The Labute approximate surface area is 153 Å². The third-order valence-electron chi connectivity index (χ3n) is 5.36. The van der Waals surface area contributed by atoms with Crippen molar-refractivity contribution in [2.24, 2.45) is 0 Å². The number of hydrogen-bond acceptors (Lipinski definition) is 4. The van der Waals surface area contributed by atoms with Gasteiger partial charge in [0.05, 0.1) is 0 Å². The molecule has 26 heavy (non-hydrogen) atoms. The Morgan fingerprint density at radius 3 is 2.73 bits per heavy atom. The average molecular weight is 362 g/mol. The number of aromatic nitrogens is 1. The zero-order valence-electron chi connectivity index (χ0n) is 15.2. The van der Waals surface area contributed by atoms with E-state index < -0.39 is 6.17 Å². The summed E-state index contributed by atoms with van der Waals surface area (Å²) in [5, 5.41) is 4.79. The highest BCUT2D eigenvalue weighted by Crippen LogP contribution is 2.31. The number of rotatable bonds is 5. The summed E-state index contributed by atoms with van der Waals surface area (Å²) in [7, 11) is 1.98. The van der Waals surface area contributed by atoms with Gasteiger partial charge < -0.3 is 9.88 Å². The summed E-state index contributed by atoms with van der Waals surface area (Å²) in [6.45, 7) is 4.65. The average Bonchev–Trinajstić information content (AvgIpc) is 3.06. The van der Waals surface area contributed by atoms with Gasteiger partial charge in [0.25, 0.3) is 5.56 Å². The molecular formula is C19H27FN4O2. The first-order chi connectivity index (χ1) is 12.5. The standard InChI is InChI=1S/C19H27FN4O2/c1-3-18(25)21-11-13-10-19(26)24(15-6-4-14(20)5-7-15)12-16(13)17-8-9-23(2)22-17/h3,10,12,14-15,17,22H,1,4-9,11H2,2H3,(H,21,25). The zero-order chi connectivity index (χ0) is 18.7. The minimum Gasteiger partial charge on any atom is -0.348 e. The molecule has 2 aliphatic rings. The molecule has 2 N–H and O–H groups in total. The molecule has 1 aliphatic carbocycles. The van der Waals surface area contributed by atoms with E-state index in [0.717, 1.165) is 24.1 Å². The van der Waals surface area contributed by atoms with Crippen LogP contribution in [0, 0.1) is 0 Å². The highest BCUT2D eigenvalue weighted by molar-refractivity contribution is 5.86. The summed E-state index contributed by atoms with van der Waals surface area (Å²) >= 11 is 0. The van der Waals surface area contributed by atoms with Crippen LogP contribution in [0.1, 0.15) is 55.3 Å². The molecule has 1 unspecified atom stereocenters. The van der Waals surface area contributed by atoms with Crippen LogP contribution >= 0.6 is 0 Å². The van der Waals surface area contributed by atoms with Crippen molar-refractivity contribution in [1.29, 1.82) is 0 Å². The molecule has 2 heterocycles. The first kappa shape index (κ1) is 18.8. The number of hydrogen-bond donors (Lipinski definition) is 2. The Kier molecular flexibility index (Phi) is 5.88. The fourth-order valence-corrected chi connectivity index (χ4v) is 3.87. The fraction of sp³-hybridized carbons (Fsp3) is 0.579. The molecule has 1 amide bonds. The number of nitrogens with zero attached hydrogens (tertiary/aromatic N) is 2.